The van der Waals surface area contributed by atoms with Crippen molar-refractivity contribution in [1.29, 1.82) is 0 Å². The number of aromatic nitrogens is 1. The minimum atomic E-state index is -0.161. The van der Waals surface area contributed by atoms with Crippen molar-refractivity contribution >= 4 is 44.7 Å². The van der Waals surface area contributed by atoms with E-state index in [1.54, 1.807) is 23.6 Å². The van der Waals surface area contributed by atoms with Gasteiger partial charge in [-0.15, -0.1) is 0 Å². The Bertz CT molecular complexity index is 557. The largest absolute Gasteiger partial charge is 0.369 e. The van der Waals surface area contributed by atoms with Crippen LogP contribution in [0.5, 0.6) is 0 Å². The second-order valence-electron chi connectivity index (χ2n) is 3.94. The molecule has 4 nitrogen and oxygen atoms in total. The van der Waals surface area contributed by atoms with Crippen molar-refractivity contribution in [3.05, 3.63) is 39.1 Å². The average Bonchev–Trinajstić information content (AvgIpc) is 2.90. The zero-order valence-electron chi connectivity index (χ0n) is 10.4. The molecule has 0 radical (unpaired) electrons. The van der Waals surface area contributed by atoms with E-state index in [9.17, 15) is 4.79 Å². The fourth-order valence-electron chi connectivity index (χ4n) is 1.53. The van der Waals surface area contributed by atoms with Gasteiger partial charge in [0.2, 0.25) is 0 Å². The van der Waals surface area contributed by atoms with Crippen LogP contribution in [0.3, 0.4) is 0 Å². The van der Waals surface area contributed by atoms with Crippen molar-refractivity contribution in [2.45, 2.75) is 13.3 Å². The zero-order chi connectivity index (χ0) is 13.7. The quantitative estimate of drug-likeness (QED) is 0.866. The summed E-state index contributed by atoms with van der Waals surface area (Å²) in [4.78, 5) is 16.5. The molecule has 0 fully saturated rings. The maximum atomic E-state index is 12.2. The van der Waals surface area contributed by atoms with Gasteiger partial charge in [0.1, 0.15) is 5.82 Å². The van der Waals surface area contributed by atoms with Crippen molar-refractivity contribution < 1.29 is 4.79 Å². The van der Waals surface area contributed by atoms with E-state index < -0.39 is 0 Å². The molecule has 19 heavy (non-hydrogen) atoms. The van der Waals surface area contributed by atoms with Crippen molar-refractivity contribution in [3.8, 4) is 0 Å². The molecule has 0 atom stereocenters. The number of nitrogens with zero attached hydrogens (tertiary/aromatic N) is 1. The van der Waals surface area contributed by atoms with E-state index in [0.29, 0.717) is 11.4 Å². The molecule has 100 valence electrons. The molecule has 0 aliphatic carbocycles. The van der Waals surface area contributed by atoms with Crippen molar-refractivity contribution in [3.63, 3.8) is 0 Å². The van der Waals surface area contributed by atoms with Crippen LogP contribution in [0.15, 0.2) is 33.6 Å². The van der Waals surface area contributed by atoms with E-state index in [0.717, 1.165) is 23.1 Å². The number of thiophene rings is 1. The molecule has 0 saturated carbocycles. The third-order valence-electron chi connectivity index (χ3n) is 2.42. The van der Waals surface area contributed by atoms with Crippen LogP contribution in [0.25, 0.3) is 0 Å². The molecule has 1 amide bonds. The van der Waals surface area contributed by atoms with Crippen molar-refractivity contribution in [2.75, 3.05) is 17.2 Å². The summed E-state index contributed by atoms with van der Waals surface area (Å²) in [5, 5.41) is 9.83. The molecule has 2 rings (SSSR count). The van der Waals surface area contributed by atoms with E-state index in [-0.39, 0.29) is 5.91 Å². The summed E-state index contributed by atoms with van der Waals surface area (Å²) < 4.78 is 0.782. The van der Waals surface area contributed by atoms with Crippen LogP contribution < -0.4 is 10.6 Å². The number of carbonyl (C=O) groups excluding carboxylic acids is 1. The Morgan fingerprint density at radius 1 is 1.53 bits per heavy atom. The summed E-state index contributed by atoms with van der Waals surface area (Å²) in [6, 6.07) is 3.64. The van der Waals surface area contributed by atoms with Crippen LogP contribution in [0.4, 0.5) is 11.5 Å². The van der Waals surface area contributed by atoms with Gasteiger partial charge in [0.05, 0.1) is 11.3 Å². The molecule has 0 aromatic carbocycles. The predicted octanol–water partition coefficient (Wildman–Crippen LogP) is 3.98. The zero-order valence-corrected chi connectivity index (χ0v) is 12.8. The summed E-state index contributed by atoms with van der Waals surface area (Å²) in [5.41, 5.74) is 1.34. The third kappa shape index (κ3) is 3.78. The van der Waals surface area contributed by atoms with Gasteiger partial charge >= 0.3 is 0 Å². The maximum absolute atomic E-state index is 12.2. The monoisotopic (exact) mass is 339 g/mol. The number of hydrogen-bond donors (Lipinski definition) is 2. The Morgan fingerprint density at radius 3 is 3.05 bits per heavy atom. The summed E-state index contributed by atoms with van der Waals surface area (Å²) in [6.45, 7) is 2.85. The lowest BCUT2D eigenvalue weighted by molar-refractivity contribution is 0.102. The van der Waals surface area contributed by atoms with Gasteiger partial charge in [-0.1, -0.05) is 6.92 Å². The highest BCUT2D eigenvalue weighted by Crippen LogP contribution is 2.20. The highest BCUT2D eigenvalue weighted by molar-refractivity contribution is 9.10. The fourth-order valence-corrected chi connectivity index (χ4v) is 2.45. The van der Waals surface area contributed by atoms with E-state index in [1.807, 2.05) is 16.8 Å². The van der Waals surface area contributed by atoms with Gasteiger partial charge in [-0.05, 0) is 39.9 Å². The molecule has 6 heteroatoms. The number of halogens is 1. The van der Waals surface area contributed by atoms with E-state index in [1.165, 1.54) is 0 Å². The first kappa shape index (κ1) is 14.0. The highest BCUT2D eigenvalue weighted by atomic mass is 79.9. The van der Waals surface area contributed by atoms with Gasteiger partial charge in [0, 0.05) is 22.6 Å². The Morgan fingerprint density at radius 2 is 2.37 bits per heavy atom. The predicted molar refractivity (Wildman–Crippen MR) is 83.0 cm³/mol. The Hall–Kier alpha value is -1.40. The van der Waals surface area contributed by atoms with E-state index in [4.69, 9.17) is 0 Å². The summed E-state index contributed by atoms with van der Waals surface area (Å²) in [7, 11) is 0. The number of amides is 1. The van der Waals surface area contributed by atoms with E-state index in [2.05, 4.69) is 38.5 Å². The van der Waals surface area contributed by atoms with Crippen LogP contribution in [0.1, 0.15) is 23.7 Å². The molecule has 0 aliphatic rings. The van der Waals surface area contributed by atoms with Crippen molar-refractivity contribution in [1.82, 2.24) is 4.98 Å². The number of carbonyl (C=O) groups is 1. The third-order valence-corrected chi connectivity index (χ3v) is 3.54. The molecular weight excluding hydrogens is 326 g/mol. The molecule has 0 unspecified atom stereocenters. The van der Waals surface area contributed by atoms with Gasteiger partial charge in [-0.3, -0.25) is 4.79 Å². The Balaban J connectivity index is 2.21. The second-order valence-corrected chi connectivity index (χ2v) is 5.64. The molecule has 2 aromatic heterocycles. The average molecular weight is 340 g/mol. The molecular formula is C13H14BrN3OS. The Kier molecular flexibility index (Phi) is 4.93. The fraction of sp³-hybridized carbons (Fsp3) is 0.231. The van der Waals surface area contributed by atoms with Gasteiger partial charge in [0.25, 0.3) is 5.91 Å². The SMILES string of the molecule is CCCNc1ncc(Br)cc1C(=O)Nc1ccsc1. The van der Waals surface area contributed by atoms with Crippen LogP contribution >= 0.6 is 27.3 Å². The molecule has 0 spiro atoms. The lowest BCUT2D eigenvalue weighted by Gasteiger charge is -2.10. The van der Waals surface area contributed by atoms with Gasteiger partial charge in [-0.2, -0.15) is 11.3 Å². The van der Waals surface area contributed by atoms with Gasteiger partial charge in [-0.25, -0.2) is 4.98 Å². The molecule has 0 saturated heterocycles. The summed E-state index contributed by atoms with van der Waals surface area (Å²) in [6.07, 6.45) is 2.66. The van der Waals surface area contributed by atoms with Gasteiger partial charge < -0.3 is 10.6 Å². The summed E-state index contributed by atoms with van der Waals surface area (Å²) in [5.74, 6) is 0.448. The normalized spacial score (nSPS) is 10.2. The highest BCUT2D eigenvalue weighted by Gasteiger charge is 2.13. The van der Waals surface area contributed by atoms with Crippen LogP contribution in [0, 0.1) is 0 Å². The first-order chi connectivity index (χ1) is 9.20. The van der Waals surface area contributed by atoms with Gasteiger partial charge in [0.15, 0.2) is 0 Å². The molecule has 2 heterocycles. The first-order valence-electron chi connectivity index (χ1n) is 5.93. The van der Waals surface area contributed by atoms with Crippen LogP contribution in [-0.4, -0.2) is 17.4 Å². The minimum absolute atomic E-state index is 0.161. The lowest BCUT2D eigenvalue weighted by Crippen LogP contribution is -2.16. The number of hydrogen-bond acceptors (Lipinski definition) is 4. The molecule has 2 aromatic rings. The molecule has 0 bridgehead atoms. The number of rotatable bonds is 5. The van der Waals surface area contributed by atoms with Crippen molar-refractivity contribution in [2.24, 2.45) is 0 Å². The number of pyridine rings is 1. The molecule has 2 N–H and O–H groups in total. The standard InChI is InChI=1S/C13H14BrN3OS/c1-2-4-15-12-11(6-9(14)7-16-12)13(18)17-10-3-5-19-8-10/h3,5-8H,2,4H2,1H3,(H,15,16)(H,17,18). The van der Waals surface area contributed by atoms with E-state index >= 15 is 0 Å². The maximum Gasteiger partial charge on any atom is 0.259 e. The lowest BCUT2D eigenvalue weighted by atomic mass is 10.2. The number of nitrogens with one attached hydrogen (secondary N) is 2. The minimum Gasteiger partial charge on any atom is -0.369 e. The number of anilines is 2. The van der Waals surface area contributed by atoms with Crippen LogP contribution in [-0.2, 0) is 0 Å². The van der Waals surface area contributed by atoms with Crippen LogP contribution in [0.2, 0.25) is 0 Å². The first-order valence-corrected chi connectivity index (χ1v) is 7.67. The topological polar surface area (TPSA) is 54.0 Å². The molecule has 0 aliphatic heterocycles. The smallest absolute Gasteiger partial charge is 0.259 e. The summed E-state index contributed by atoms with van der Waals surface area (Å²) >= 11 is 4.89. The second kappa shape index (κ2) is 6.68. The Labute approximate surface area is 124 Å².